The van der Waals surface area contributed by atoms with Gasteiger partial charge in [0.1, 0.15) is 5.92 Å². The van der Waals surface area contributed by atoms with Crippen LogP contribution < -0.4 is 0 Å². The summed E-state index contributed by atoms with van der Waals surface area (Å²) in [5, 5.41) is 1.98. The highest BCUT2D eigenvalue weighted by molar-refractivity contribution is 7.10. The molecule has 0 amide bonds. The van der Waals surface area contributed by atoms with E-state index in [9.17, 15) is 9.59 Å². The highest BCUT2D eigenvalue weighted by Crippen LogP contribution is 2.41. The molecule has 0 saturated carbocycles. The molecule has 0 spiro atoms. The lowest BCUT2D eigenvalue weighted by atomic mass is 9.76. The van der Waals surface area contributed by atoms with Gasteiger partial charge in [-0.15, -0.1) is 11.3 Å². The molecule has 0 radical (unpaired) electrons. The smallest absolute Gasteiger partial charge is 0.317 e. The van der Waals surface area contributed by atoms with Gasteiger partial charge in [-0.2, -0.15) is 0 Å². The van der Waals surface area contributed by atoms with E-state index in [4.69, 9.17) is 4.74 Å². The number of allylic oxidation sites excluding steroid dienone is 2. The Balaban J connectivity index is 1.98. The van der Waals surface area contributed by atoms with E-state index >= 15 is 0 Å². The molecule has 0 bridgehead atoms. The normalized spacial score (nSPS) is 20.6. The minimum absolute atomic E-state index is 0.155. The van der Waals surface area contributed by atoms with E-state index in [1.165, 1.54) is 5.56 Å². The number of ether oxygens (including phenoxy) is 1. The van der Waals surface area contributed by atoms with Gasteiger partial charge in [-0.05, 0) is 48.9 Å². The van der Waals surface area contributed by atoms with E-state index in [-0.39, 0.29) is 18.3 Å². The predicted octanol–water partition coefficient (Wildman–Crippen LogP) is 4.38. The van der Waals surface area contributed by atoms with Crippen LogP contribution in [-0.2, 0) is 14.3 Å². The number of hydrogen-bond donors (Lipinski definition) is 0. The van der Waals surface area contributed by atoms with Crippen LogP contribution in [0.2, 0.25) is 0 Å². The second-order valence-corrected chi connectivity index (χ2v) is 6.97. The van der Waals surface area contributed by atoms with Crippen LogP contribution in [0.4, 0.5) is 0 Å². The van der Waals surface area contributed by atoms with Gasteiger partial charge >= 0.3 is 5.97 Å². The molecular formula is C20H20O3S. The highest BCUT2D eigenvalue weighted by atomic mass is 32.1. The Morgan fingerprint density at radius 1 is 1.25 bits per heavy atom. The van der Waals surface area contributed by atoms with Crippen molar-refractivity contribution in [2.45, 2.75) is 26.2 Å². The van der Waals surface area contributed by atoms with E-state index in [1.54, 1.807) is 24.3 Å². The molecule has 124 valence electrons. The van der Waals surface area contributed by atoms with Crippen molar-refractivity contribution >= 4 is 28.7 Å². The van der Waals surface area contributed by atoms with Crippen LogP contribution in [-0.4, -0.2) is 18.4 Å². The summed E-state index contributed by atoms with van der Waals surface area (Å²) in [5.41, 5.74) is 3.21. The third kappa shape index (κ3) is 3.34. The molecule has 4 heteroatoms. The summed E-state index contributed by atoms with van der Waals surface area (Å²) in [7, 11) is 0. The van der Waals surface area contributed by atoms with Gasteiger partial charge in [-0.3, -0.25) is 9.59 Å². The Bertz CT molecular complexity index is 757. The molecular weight excluding hydrogens is 320 g/mol. The second kappa shape index (κ2) is 7.14. The van der Waals surface area contributed by atoms with Gasteiger partial charge < -0.3 is 4.74 Å². The largest absolute Gasteiger partial charge is 0.465 e. The van der Waals surface area contributed by atoms with Gasteiger partial charge in [-0.25, -0.2) is 0 Å². The minimum atomic E-state index is -0.738. The van der Waals surface area contributed by atoms with Crippen LogP contribution in [0.1, 0.15) is 35.3 Å². The average molecular weight is 340 g/mol. The lowest BCUT2D eigenvalue weighted by Gasteiger charge is -2.28. The topological polar surface area (TPSA) is 43.4 Å². The molecule has 3 nitrogen and oxygen atoms in total. The fourth-order valence-corrected chi connectivity index (χ4v) is 3.99. The first kappa shape index (κ1) is 16.7. The first-order chi connectivity index (χ1) is 11.6. The number of esters is 1. The Morgan fingerprint density at radius 2 is 2.00 bits per heavy atom. The Labute approximate surface area is 146 Å². The Hall–Kier alpha value is -2.20. The Kier molecular flexibility index (Phi) is 4.95. The maximum Gasteiger partial charge on any atom is 0.317 e. The van der Waals surface area contributed by atoms with Crippen LogP contribution in [0.3, 0.4) is 0 Å². The van der Waals surface area contributed by atoms with E-state index in [1.807, 2.05) is 48.7 Å². The van der Waals surface area contributed by atoms with Gasteiger partial charge in [0, 0.05) is 10.8 Å². The first-order valence-corrected chi connectivity index (χ1v) is 8.99. The van der Waals surface area contributed by atoms with Crippen molar-refractivity contribution in [2.24, 2.45) is 5.92 Å². The Morgan fingerprint density at radius 3 is 2.62 bits per heavy atom. The molecule has 1 aromatic carbocycles. The highest BCUT2D eigenvalue weighted by Gasteiger charge is 2.40. The minimum Gasteiger partial charge on any atom is -0.465 e. The van der Waals surface area contributed by atoms with Crippen LogP contribution in [0.25, 0.3) is 5.57 Å². The van der Waals surface area contributed by atoms with Crippen LogP contribution in [0.15, 0.2) is 47.9 Å². The monoisotopic (exact) mass is 340 g/mol. The molecule has 0 aliphatic heterocycles. The third-order valence-electron chi connectivity index (χ3n) is 4.34. The number of hydrogen-bond acceptors (Lipinski definition) is 4. The summed E-state index contributed by atoms with van der Waals surface area (Å²) in [6.45, 7) is 4.09. The number of carbonyl (C=O) groups excluding carboxylic acids is 2. The number of benzene rings is 1. The summed E-state index contributed by atoms with van der Waals surface area (Å²) in [6.07, 6.45) is 2.29. The van der Waals surface area contributed by atoms with Gasteiger partial charge in [0.15, 0.2) is 5.78 Å². The molecule has 1 aliphatic rings. The maximum atomic E-state index is 12.7. The van der Waals surface area contributed by atoms with E-state index in [2.05, 4.69) is 0 Å². The number of thiophene rings is 1. The fraction of sp³-hybridized carbons (Fsp3) is 0.300. The molecule has 0 N–H and O–H groups in total. The lowest BCUT2D eigenvalue weighted by Crippen LogP contribution is -2.33. The summed E-state index contributed by atoms with van der Waals surface area (Å²) in [5.74, 6) is -1.47. The number of carbonyl (C=O) groups is 2. The van der Waals surface area contributed by atoms with Crippen LogP contribution >= 0.6 is 11.3 Å². The van der Waals surface area contributed by atoms with Crippen LogP contribution in [0, 0.1) is 12.8 Å². The van der Waals surface area contributed by atoms with E-state index < -0.39 is 11.9 Å². The lowest BCUT2D eigenvalue weighted by molar-refractivity contribution is -0.151. The third-order valence-corrected chi connectivity index (χ3v) is 5.34. The molecule has 2 atom stereocenters. The summed E-state index contributed by atoms with van der Waals surface area (Å²) in [6, 6.07) is 12.1. The van der Waals surface area contributed by atoms with Crippen molar-refractivity contribution in [3.05, 3.63) is 63.9 Å². The average Bonchev–Trinajstić information content (AvgIpc) is 3.09. The number of ketones is 1. The molecule has 1 aromatic heterocycles. The second-order valence-electron chi connectivity index (χ2n) is 5.99. The van der Waals surface area contributed by atoms with E-state index in [0.29, 0.717) is 6.42 Å². The van der Waals surface area contributed by atoms with Gasteiger partial charge in [0.2, 0.25) is 0 Å². The zero-order valence-corrected chi connectivity index (χ0v) is 14.6. The van der Waals surface area contributed by atoms with Crippen molar-refractivity contribution in [3.8, 4) is 0 Å². The van der Waals surface area contributed by atoms with Gasteiger partial charge in [-0.1, -0.05) is 35.9 Å². The zero-order chi connectivity index (χ0) is 17.1. The fourth-order valence-electron chi connectivity index (χ4n) is 3.12. The van der Waals surface area contributed by atoms with E-state index in [0.717, 1.165) is 16.0 Å². The van der Waals surface area contributed by atoms with Crippen molar-refractivity contribution in [3.63, 3.8) is 0 Å². The zero-order valence-electron chi connectivity index (χ0n) is 13.8. The SMILES string of the molecule is CCOC(=O)[C@H]1C(=O)C=C(c2ccc(C)cc2)C[C@H]1c1cccs1. The van der Waals surface area contributed by atoms with Gasteiger partial charge in [0.05, 0.1) is 6.61 Å². The first-order valence-electron chi connectivity index (χ1n) is 8.11. The molecule has 3 rings (SSSR count). The maximum absolute atomic E-state index is 12.7. The number of rotatable bonds is 4. The van der Waals surface area contributed by atoms with Crippen molar-refractivity contribution in [2.75, 3.05) is 6.61 Å². The summed E-state index contributed by atoms with van der Waals surface area (Å²) >= 11 is 1.58. The van der Waals surface area contributed by atoms with Crippen LogP contribution in [0.5, 0.6) is 0 Å². The molecule has 0 unspecified atom stereocenters. The van der Waals surface area contributed by atoms with Crippen molar-refractivity contribution < 1.29 is 14.3 Å². The van der Waals surface area contributed by atoms with Crippen molar-refractivity contribution in [1.29, 1.82) is 0 Å². The molecule has 0 saturated heterocycles. The molecule has 2 aromatic rings. The summed E-state index contributed by atoms with van der Waals surface area (Å²) in [4.78, 5) is 26.1. The van der Waals surface area contributed by atoms with Gasteiger partial charge in [0.25, 0.3) is 0 Å². The quantitative estimate of drug-likeness (QED) is 0.613. The summed E-state index contributed by atoms with van der Waals surface area (Å²) < 4.78 is 5.15. The molecule has 1 aliphatic carbocycles. The number of aryl methyl sites for hydroxylation is 1. The standard InChI is InChI=1S/C20H20O3S/c1-3-23-20(22)19-16(18-5-4-10-24-18)11-15(12-17(19)21)14-8-6-13(2)7-9-14/h4-10,12,16,19H,3,11H2,1-2H3/t16-,19+/m0/s1. The molecule has 1 heterocycles. The molecule has 24 heavy (non-hydrogen) atoms. The predicted molar refractivity (Wildman–Crippen MR) is 96.0 cm³/mol. The molecule has 0 fully saturated rings. The van der Waals surface area contributed by atoms with Crippen molar-refractivity contribution in [1.82, 2.24) is 0 Å².